The van der Waals surface area contributed by atoms with Crippen molar-refractivity contribution in [3.8, 4) is 11.8 Å². The number of ether oxygens (including phenoxy) is 1. The highest BCUT2D eigenvalue weighted by Gasteiger charge is 2.18. The summed E-state index contributed by atoms with van der Waals surface area (Å²) in [4.78, 5) is 17.2. The summed E-state index contributed by atoms with van der Waals surface area (Å²) in [6, 6.07) is 19.5. The van der Waals surface area contributed by atoms with Gasteiger partial charge < -0.3 is 13.9 Å². The molecule has 156 valence electrons. The third kappa shape index (κ3) is 3.95. The van der Waals surface area contributed by atoms with Gasteiger partial charge in [-0.15, -0.1) is 0 Å². The normalized spacial score (nSPS) is 10.9. The SMILES string of the molecule is CCCCc1nc2cccc(C(=O)OC)c2n1Cc1ccc(-n2cccc2C#N)cc1. The zero-order valence-electron chi connectivity index (χ0n) is 17.7. The minimum atomic E-state index is -0.360. The number of fused-ring (bicyclic) bond motifs is 1. The van der Waals surface area contributed by atoms with E-state index in [4.69, 9.17) is 9.72 Å². The lowest BCUT2D eigenvalue weighted by Crippen LogP contribution is -2.09. The maximum absolute atomic E-state index is 12.4. The van der Waals surface area contributed by atoms with Crippen molar-refractivity contribution in [2.24, 2.45) is 0 Å². The predicted molar refractivity (Wildman–Crippen MR) is 119 cm³/mol. The van der Waals surface area contributed by atoms with Crippen molar-refractivity contribution in [3.63, 3.8) is 0 Å². The fraction of sp³-hybridized carbons (Fsp3) is 0.240. The fourth-order valence-electron chi connectivity index (χ4n) is 3.85. The molecule has 0 aliphatic rings. The molecule has 0 saturated heterocycles. The van der Waals surface area contributed by atoms with Gasteiger partial charge in [0.15, 0.2) is 0 Å². The number of aromatic nitrogens is 3. The van der Waals surface area contributed by atoms with E-state index in [1.54, 1.807) is 12.1 Å². The maximum atomic E-state index is 12.4. The summed E-state index contributed by atoms with van der Waals surface area (Å²) >= 11 is 0. The lowest BCUT2D eigenvalue weighted by molar-refractivity contribution is 0.0602. The molecule has 0 unspecified atom stereocenters. The standard InChI is InChI=1S/C25H24N4O2/c1-3-4-10-23-27-22-9-5-8-21(25(30)31-2)24(22)29(23)17-18-11-13-19(14-12-18)28-15-6-7-20(28)16-26/h5-9,11-15H,3-4,10,17H2,1-2H3. The van der Waals surface area contributed by atoms with Gasteiger partial charge in [-0.25, -0.2) is 9.78 Å². The summed E-state index contributed by atoms with van der Waals surface area (Å²) in [5.74, 6) is 0.607. The highest BCUT2D eigenvalue weighted by Crippen LogP contribution is 2.24. The molecule has 0 fully saturated rings. The molecule has 0 bridgehead atoms. The fourth-order valence-corrected chi connectivity index (χ4v) is 3.85. The second-order valence-corrected chi connectivity index (χ2v) is 7.42. The quantitative estimate of drug-likeness (QED) is 0.406. The summed E-state index contributed by atoms with van der Waals surface area (Å²) in [7, 11) is 1.40. The Labute approximate surface area is 181 Å². The molecular formula is C25H24N4O2. The molecule has 6 nitrogen and oxygen atoms in total. The number of nitriles is 1. The molecule has 4 aromatic rings. The molecule has 2 aromatic heterocycles. The first kappa shape index (κ1) is 20.4. The molecule has 4 rings (SSSR count). The molecule has 0 amide bonds. The van der Waals surface area contributed by atoms with Gasteiger partial charge in [0.25, 0.3) is 0 Å². The zero-order chi connectivity index (χ0) is 21.8. The number of rotatable bonds is 7. The highest BCUT2D eigenvalue weighted by molar-refractivity contribution is 6.02. The molecule has 2 heterocycles. The number of aryl methyl sites for hydroxylation is 1. The summed E-state index contributed by atoms with van der Waals surface area (Å²) in [5, 5.41) is 9.27. The molecule has 0 radical (unpaired) electrons. The van der Waals surface area contributed by atoms with E-state index in [-0.39, 0.29) is 5.97 Å². The van der Waals surface area contributed by atoms with E-state index in [9.17, 15) is 10.1 Å². The second-order valence-electron chi connectivity index (χ2n) is 7.42. The van der Waals surface area contributed by atoms with Gasteiger partial charge >= 0.3 is 5.97 Å². The number of hydrogen-bond acceptors (Lipinski definition) is 4. The Hall–Kier alpha value is -3.85. The van der Waals surface area contributed by atoms with Crippen LogP contribution in [0.2, 0.25) is 0 Å². The third-order valence-corrected chi connectivity index (χ3v) is 5.42. The van der Waals surface area contributed by atoms with Crippen molar-refractivity contribution in [1.82, 2.24) is 14.1 Å². The number of carbonyl (C=O) groups excluding carboxylic acids is 1. The van der Waals surface area contributed by atoms with Crippen molar-refractivity contribution in [2.75, 3.05) is 7.11 Å². The van der Waals surface area contributed by atoms with Gasteiger partial charge in [0, 0.05) is 24.8 Å². The summed E-state index contributed by atoms with van der Waals surface area (Å²) in [6.45, 7) is 2.75. The molecule has 0 spiro atoms. The first-order valence-electron chi connectivity index (χ1n) is 10.4. The van der Waals surface area contributed by atoms with E-state index in [1.165, 1.54) is 7.11 Å². The first-order chi connectivity index (χ1) is 15.2. The van der Waals surface area contributed by atoms with Gasteiger partial charge in [-0.2, -0.15) is 5.26 Å². The number of carbonyl (C=O) groups is 1. The molecule has 31 heavy (non-hydrogen) atoms. The van der Waals surface area contributed by atoms with Crippen molar-refractivity contribution in [1.29, 1.82) is 5.26 Å². The second kappa shape index (κ2) is 8.88. The number of methoxy groups -OCH3 is 1. The third-order valence-electron chi connectivity index (χ3n) is 5.42. The van der Waals surface area contributed by atoms with Crippen LogP contribution in [0.15, 0.2) is 60.8 Å². The monoisotopic (exact) mass is 412 g/mol. The molecule has 0 aliphatic heterocycles. The molecule has 0 N–H and O–H groups in total. The van der Waals surface area contributed by atoms with Crippen molar-refractivity contribution in [2.45, 2.75) is 32.7 Å². The van der Waals surface area contributed by atoms with Crippen LogP contribution in [0.4, 0.5) is 0 Å². The summed E-state index contributed by atoms with van der Waals surface area (Å²) in [5.41, 5.74) is 4.75. The molecule has 6 heteroatoms. The number of benzene rings is 2. The van der Waals surface area contributed by atoms with E-state index < -0.39 is 0 Å². The molecule has 2 aromatic carbocycles. The molecule has 0 aliphatic carbocycles. The smallest absolute Gasteiger partial charge is 0.340 e. The molecular weight excluding hydrogens is 388 g/mol. The van der Waals surface area contributed by atoms with Gasteiger partial charge in [-0.05, 0) is 48.4 Å². The van der Waals surface area contributed by atoms with Crippen LogP contribution in [0.25, 0.3) is 16.7 Å². The van der Waals surface area contributed by atoms with E-state index in [0.717, 1.165) is 47.4 Å². The Morgan fingerprint density at radius 3 is 2.65 bits per heavy atom. The van der Waals surface area contributed by atoms with Crippen molar-refractivity contribution >= 4 is 17.0 Å². The van der Waals surface area contributed by atoms with Gasteiger partial charge in [-0.1, -0.05) is 31.5 Å². The average molecular weight is 412 g/mol. The number of hydrogen-bond donors (Lipinski definition) is 0. The largest absolute Gasteiger partial charge is 0.465 e. The van der Waals surface area contributed by atoms with E-state index in [1.807, 2.05) is 53.2 Å². The average Bonchev–Trinajstić information content (AvgIpc) is 3.42. The number of nitrogens with zero attached hydrogens (tertiary/aromatic N) is 4. The zero-order valence-corrected chi connectivity index (χ0v) is 17.7. The maximum Gasteiger partial charge on any atom is 0.340 e. The van der Waals surface area contributed by atoms with Crippen LogP contribution >= 0.6 is 0 Å². The van der Waals surface area contributed by atoms with Crippen LogP contribution in [-0.4, -0.2) is 27.2 Å². The number of esters is 1. The Morgan fingerprint density at radius 1 is 1.13 bits per heavy atom. The Morgan fingerprint density at radius 2 is 1.94 bits per heavy atom. The minimum absolute atomic E-state index is 0.360. The predicted octanol–water partition coefficient (Wildman–Crippen LogP) is 4.88. The van der Waals surface area contributed by atoms with Crippen LogP contribution in [0.1, 0.15) is 47.2 Å². The van der Waals surface area contributed by atoms with Crippen LogP contribution in [0, 0.1) is 11.3 Å². The number of unbranched alkanes of at least 4 members (excludes halogenated alkanes) is 1. The van der Waals surface area contributed by atoms with Gasteiger partial charge in [0.05, 0.1) is 23.7 Å². The summed E-state index contributed by atoms with van der Waals surface area (Å²) in [6.07, 6.45) is 4.82. The van der Waals surface area contributed by atoms with Crippen LogP contribution in [-0.2, 0) is 17.7 Å². The van der Waals surface area contributed by atoms with Gasteiger partial charge in [0.1, 0.15) is 17.6 Å². The Balaban J connectivity index is 1.74. The topological polar surface area (TPSA) is 72.8 Å². The first-order valence-corrected chi connectivity index (χ1v) is 10.4. The van der Waals surface area contributed by atoms with Crippen LogP contribution in [0.5, 0.6) is 0 Å². The van der Waals surface area contributed by atoms with Gasteiger partial charge in [-0.3, -0.25) is 0 Å². The number of para-hydroxylation sites is 1. The Kier molecular flexibility index (Phi) is 5.85. The molecule has 0 saturated carbocycles. The molecule has 0 atom stereocenters. The van der Waals surface area contributed by atoms with E-state index in [0.29, 0.717) is 17.8 Å². The minimum Gasteiger partial charge on any atom is -0.465 e. The van der Waals surface area contributed by atoms with Crippen LogP contribution in [0.3, 0.4) is 0 Å². The van der Waals surface area contributed by atoms with E-state index in [2.05, 4.69) is 17.6 Å². The number of imidazole rings is 1. The van der Waals surface area contributed by atoms with E-state index >= 15 is 0 Å². The van der Waals surface area contributed by atoms with Crippen LogP contribution < -0.4 is 0 Å². The highest BCUT2D eigenvalue weighted by atomic mass is 16.5. The van der Waals surface area contributed by atoms with Gasteiger partial charge in [0.2, 0.25) is 0 Å². The van der Waals surface area contributed by atoms with Crippen molar-refractivity contribution < 1.29 is 9.53 Å². The lowest BCUT2D eigenvalue weighted by Gasteiger charge is -2.12. The lowest BCUT2D eigenvalue weighted by atomic mass is 10.1. The summed E-state index contributed by atoms with van der Waals surface area (Å²) < 4.78 is 9.00. The Bertz CT molecular complexity index is 1260. The van der Waals surface area contributed by atoms with Crippen molar-refractivity contribution in [3.05, 3.63) is 83.4 Å².